The van der Waals surface area contributed by atoms with E-state index in [1.54, 1.807) is 0 Å². The summed E-state index contributed by atoms with van der Waals surface area (Å²) in [6.07, 6.45) is 13.2. The zero-order chi connectivity index (χ0) is 24.9. The predicted octanol–water partition coefficient (Wildman–Crippen LogP) is 5.42. The molecule has 0 spiro atoms. The molecule has 2 atom stereocenters. The maximum Gasteiger partial charge on any atom is 0.328 e. The number of nitrogens with one attached hydrogen (secondary N) is 1. The quantitative estimate of drug-likeness (QED) is 0.336. The molecule has 8 nitrogen and oxygen atoms in total. The summed E-state index contributed by atoms with van der Waals surface area (Å²) in [7, 11) is 0. The van der Waals surface area contributed by atoms with Crippen molar-refractivity contribution in [2.24, 2.45) is 5.92 Å². The van der Waals surface area contributed by atoms with Gasteiger partial charge in [0, 0.05) is 35.3 Å². The molecule has 5 rings (SSSR count). The lowest BCUT2D eigenvalue weighted by atomic mass is 9.97. The molecule has 8 heteroatoms. The van der Waals surface area contributed by atoms with Gasteiger partial charge in [0.25, 0.3) is 0 Å². The van der Waals surface area contributed by atoms with Crippen LogP contribution >= 0.6 is 0 Å². The summed E-state index contributed by atoms with van der Waals surface area (Å²) >= 11 is 0. The van der Waals surface area contributed by atoms with Gasteiger partial charge in [0.1, 0.15) is 0 Å². The molecular formula is C28H35N7O. The van der Waals surface area contributed by atoms with E-state index in [1.807, 2.05) is 45.7 Å². The molecule has 1 aliphatic rings. The van der Waals surface area contributed by atoms with Gasteiger partial charge in [-0.25, -0.2) is 9.89 Å². The Morgan fingerprint density at radius 2 is 1.89 bits per heavy atom. The van der Waals surface area contributed by atoms with Crippen molar-refractivity contribution in [1.82, 2.24) is 34.7 Å². The van der Waals surface area contributed by atoms with Crippen LogP contribution in [0.25, 0.3) is 22.6 Å². The van der Waals surface area contributed by atoms with Gasteiger partial charge in [0.15, 0.2) is 5.82 Å². The zero-order valence-electron chi connectivity index (χ0n) is 21.2. The number of pyridine rings is 1. The fourth-order valence-electron chi connectivity index (χ4n) is 5.44. The lowest BCUT2D eigenvalue weighted by molar-refractivity contribution is 0.324. The molecule has 0 saturated heterocycles. The van der Waals surface area contributed by atoms with Crippen molar-refractivity contribution in [3.05, 3.63) is 70.5 Å². The van der Waals surface area contributed by atoms with Gasteiger partial charge in [0.05, 0.1) is 12.2 Å². The molecule has 3 heterocycles. The van der Waals surface area contributed by atoms with Crippen LogP contribution in [0.1, 0.15) is 76.1 Å². The SMILES string of the molecule is CCCCc1cn(C2CCCCCC2C)c(=O)n1Cc1ccc(-c2ccccc2-c2nnn[nH]2)nc1. The van der Waals surface area contributed by atoms with Crippen LogP contribution in [0.4, 0.5) is 0 Å². The number of aryl methyl sites for hydroxylation is 1. The van der Waals surface area contributed by atoms with Crippen LogP contribution in [0.5, 0.6) is 0 Å². The molecule has 1 N–H and O–H groups in total. The molecule has 0 bridgehead atoms. The Bertz CT molecular complexity index is 1320. The molecule has 0 amide bonds. The Hall–Kier alpha value is -3.55. The van der Waals surface area contributed by atoms with E-state index in [4.69, 9.17) is 4.98 Å². The van der Waals surface area contributed by atoms with Crippen molar-refractivity contribution >= 4 is 0 Å². The molecule has 1 fully saturated rings. The van der Waals surface area contributed by atoms with E-state index < -0.39 is 0 Å². The number of rotatable bonds is 8. The zero-order valence-corrected chi connectivity index (χ0v) is 21.2. The van der Waals surface area contributed by atoms with Gasteiger partial charge in [0.2, 0.25) is 0 Å². The number of nitrogens with zero attached hydrogens (tertiary/aromatic N) is 6. The first-order valence-corrected chi connectivity index (χ1v) is 13.2. The van der Waals surface area contributed by atoms with Gasteiger partial charge in [-0.2, -0.15) is 0 Å². The number of aromatic nitrogens is 7. The molecule has 188 valence electrons. The third kappa shape index (κ3) is 5.03. The highest BCUT2D eigenvalue weighted by atomic mass is 16.1. The topological polar surface area (TPSA) is 94.3 Å². The number of unbranched alkanes of at least 4 members (excludes halogenated alkanes) is 1. The average Bonchev–Trinajstić information content (AvgIpc) is 3.48. The van der Waals surface area contributed by atoms with Crippen LogP contribution in [0.3, 0.4) is 0 Å². The van der Waals surface area contributed by atoms with Gasteiger partial charge < -0.3 is 0 Å². The Balaban J connectivity index is 1.43. The van der Waals surface area contributed by atoms with Gasteiger partial charge in [-0.3, -0.25) is 14.1 Å². The second kappa shape index (κ2) is 11.0. The van der Waals surface area contributed by atoms with E-state index in [0.717, 1.165) is 53.8 Å². The summed E-state index contributed by atoms with van der Waals surface area (Å²) in [5, 5.41) is 14.3. The van der Waals surface area contributed by atoms with Gasteiger partial charge in [-0.1, -0.05) is 69.9 Å². The lowest BCUT2D eigenvalue weighted by Crippen LogP contribution is -2.30. The Morgan fingerprint density at radius 3 is 2.64 bits per heavy atom. The van der Waals surface area contributed by atoms with Crippen LogP contribution in [0.15, 0.2) is 53.6 Å². The Kier molecular flexibility index (Phi) is 7.39. The van der Waals surface area contributed by atoms with E-state index in [-0.39, 0.29) is 5.69 Å². The summed E-state index contributed by atoms with van der Waals surface area (Å²) in [6, 6.07) is 12.3. The van der Waals surface area contributed by atoms with Crippen molar-refractivity contribution in [3.8, 4) is 22.6 Å². The highest BCUT2D eigenvalue weighted by Crippen LogP contribution is 2.32. The number of benzene rings is 1. The van der Waals surface area contributed by atoms with E-state index >= 15 is 0 Å². The minimum atomic E-state index is 0.118. The van der Waals surface area contributed by atoms with E-state index in [0.29, 0.717) is 24.3 Å². The molecule has 0 radical (unpaired) electrons. The minimum Gasteiger partial charge on any atom is -0.296 e. The summed E-state index contributed by atoms with van der Waals surface area (Å²) in [5.41, 5.74) is 4.96. The second-order valence-electron chi connectivity index (χ2n) is 10.0. The number of hydrogen-bond donors (Lipinski definition) is 1. The lowest BCUT2D eigenvalue weighted by Gasteiger charge is -2.22. The molecule has 1 saturated carbocycles. The summed E-state index contributed by atoms with van der Waals surface area (Å²) < 4.78 is 4.02. The summed E-state index contributed by atoms with van der Waals surface area (Å²) in [5.74, 6) is 1.14. The molecule has 1 aromatic carbocycles. The maximum atomic E-state index is 13.7. The van der Waals surface area contributed by atoms with Gasteiger partial charge >= 0.3 is 5.69 Å². The highest BCUT2D eigenvalue weighted by Gasteiger charge is 2.25. The molecule has 0 aliphatic heterocycles. The van der Waals surface area contributed by atoms with Crippen LogP contribution in [0.2, 0.25) is 0 Å². The first kappa shape index (κ1) is 24.2. The van der Waals surface area contributed by atoms with Crippen LogP contribution in [0, 0.1) is 5.92 Å². The van der Waals surface area contributed by atoms with E-state index in [1.165, 1.54) is 25.7 Å². The Labute approximate surface area is 211 Å². The standard InChI is InChI=1S/C28H35N7O/c1-3-4-11-22-19-35(26-14-7-5-6-10-20(26)2)28(36)34(22)18-21-15-16-25(29-17-21)23-12-8-9-13-24(23)27-30-32-33-31-27/h8-9,12-13,15-17,19-20,26H,3-7,10-11,14,18H2,1-2H3,(H,30,31,32,33). The second-order valence-corrected chi connectivity index (χ2v) is 10.0. The van der Waals surface area contributed by atoms with E-state index in [2.05, 4.69) is 46.7 Å². The molecule has 36 heavy (non-hydrogen) atoms. The smallest absolute Gasteiger partial charge is 0.296 e. The summed E-state index contributed by atoms with van der Waals surface area (Å²) in [4.78, 5) is 18.4. The predicted molar refractivity (Wildman–Crippen MR) is 141 cm³/mol. The van der Waals surface area contributed by atoms with E-state index in [9.17, 15) is 4.79 Å². The first-order valence-electron chi connectivity index (χ1n) is 13.2. The Morgan fingerprint density at radius 1 is 1.06 bits per heavy atom. The highest BCUT2D eigenvalue weighted by molar-refractivity contribution is 5.78. The van der Waals surface area contributed by atoms with Crippen molar-refractivity contribution in [2.75, 3.05) is 0 Å². The number of hydrogen-bond acceptors (Lipinski definition) is 5. The third-order valence-corrected chi connectivity index (χ3v) is 7.52. The molecule has 1 aliphatic carbocycles. The molecule has 2 unspecified atom stereocenters. The number of aromatic amines is 1. The largest absolute Gasteiger partial charge is 0.328 e. The fraction of sp³-hybridized carbons (Fsp3) is 0.464. The number of imidazole rings is 1. The molecular weight excluding hydrogens is 450 g/mol. The van der Waals surface area contributed by atoms with Crippen molar-refractivity contribution in [1.29, 1.82) is 0 Å². The van der Waals surface area contributed by atoms with Gasteiger partial charge in [-0.15, -0.1) is 5.10 Å². The average molecular weight is 486 g/mol. The monoisotopic (exact) mass is 485 g/mol. The normalized spacial score (nSPS) is 18.3. The van der Waals surface area contributed by atoms with Crippen molar-refractivity contribution in [2.45, 2.75) is 77.8 Å². The maximum absolute atomic E-state index is 13.7. The van der Waals surface area contributed by atoms with Crippen LogP contribution in [-0.4, -0.2) is 34.7 Å². The molecule has 4 aromatic rings. The number of H-pyrrole nitrogens is 1. The van der Waals surface area contributed by atoms with Crippen LogP contribution < -0.4 is 5.69 Å². The van der Waals surface area contributed by atoms with Crippen molar-refractivity contribution in [3.63, 3.8) is 0 Å². The third-order valence-electron chi connectivity index (χ3n) is 7.52. The summed E-state index contributed by atoms with van der Waals surface area (Å²) in [6.45, 7) is 5.04. The number of tetrazole rings is 1. The van der Waals surface area contributed by atoms with Crippen molar-refractivity contribution < 1.29 is 0 Å². The first-order chi connectivity index (χ1) is 17.7. The minimum absolute atomic E-state index is 0.118. The van der Waals surface area contributed by atoms with Crippen LogP contribution in [-0.2, 0) is 13.0 Å². The fourth-order valence-corrected chi connectivity index (χ4v) is 5.44. The molecule has 3 aromatic heterocycles. The van der Waals surface area contributed by atoms with Gasteiger partial charge in [-0.05, 0) is 53.7 Å².